The molecule has 0 aliphatic carbocycles. The Balaban J connectivity index is 2.42. The summed E-state index contributed by atoms with van der Waals surface area (Å²) in [5, 5.41) is 3.10. The van der Waals surface area contributed by atoms with Crippen molar-refractivity contribution in [3.63, 3.8) is 0 Å². The third-order valence-corrected chi connectivity index (χ3v) is 2.57. The van der Waals surface area contributed by atoms with Gasteiger partial charge in [0.05, 0.1) is 13.0 Å². The highest BCUT2D eigenvalue weighted by Crippen LogP contribution is 2.21. The molecule has 0 radical (unpaired) electrons. The molecule has 1 heterocycles. The van der Waals surface area contributed by atoms with Crippen LogP contribution in [0.2, 0.25) is 0 Å². The molecule has 0 saturated heterocycles. The molecule has 4 nitrogen and oxygen atoms in total. The Morgan fingerprint density at radius 1 is 1.39 bits per heavy atom. The Kier molecular flexibility index (Phi) is 5.13. The molecule has 1 aromatic rings. The van der Waals surface area contributed by atoms with Crippen molar-refractivity contribution in [2.45, 2.75) is 39.5 Å². The van der Waals surface area contributed by atoms with Crippen LogP contribution in [0.4, 0.5) is 5.82 Å². The first-order valence-corrected chi connectivity index (χ1v) is 6.29. The largest absolute Gasteiger partial charge is 0.466 e. The van der Waals surface area contributed by atoms with Gasteiger partial charge in [-0.15, -0.1) is 0 Å². The zero-order valence-electron chi connectivity index (χ0n) is 11.6. The normalized spacial score (nSPS) is 11.1. The van der Waals surface area contributed by atoms with Gasteiger partial charge in [0.25, 0.3) is 0 Å². The van der Waals surface area contributed by atoms with E-state index in [1.54, 1.807) is 6.92 Å². The van der Waals surface area contributed by atoms with E-state index in [0.29, 0.717) is 19.6 Å². The quantitative estimate of drug-likeness (QED) is 0.816. The van der Waals surface area contributed by atoms with E-state index >= 15 is 0 Å². The third kappa shape index (κ3) is 4.73. The van der Waals surface area contributed by atoms with E-state index in [1.807, 2.05) is 12.3 Å². The Labute approximate surface area is 109 Å². The molecule has 100 valence electrons. The van der Waals surface area contributed by atoms with Gasteiger partial charge >= 0.3 is 5.97 Å². The molecular weight excluding hydrogens is 228 g/mol. The number of rotatable bonds is 5. The van der Waals surface area contributed by atoms with E-state index in [4.69, 9.17) is 4.74 Å². The molecule has 0 bridgehead atoms. The number of ether oxygens (including phenoxy) is 1. The zero-order chi connectivity index (χ0) is 13.6. The molecule has 1 N–H and O–H groups in total. The molecule has 1 rings (SSSR count). The van der Waals surface area contributed by atoms with Crippen LogP contribution in [0.1, 0.15) is 39.7 Å². The fraction of sp³-hybridized carbons (Fsp3) is 0.571. The van der Waals surface area contributed by atoms with Crippen molar-refractivity contribution in [3.05, 3.63) is 23.9 Å². The molecule has 1 aromatic heterocycles. The van der Waals surface area contributed by atoms with Crippen molar-refractivity contribution in [1.82, 2.24) is 4.98 Å². The van der Waals surface area contributed by atoms with Crippen LogP contribution in [0.3, 0.4) is 0 Å². The summed E-state index contributed by atoms with van der Waals surface area (Å²) in [5.41, 5.74) is 1.30. The van der Waals surface area contributed by atoms with Crippen molar-refractivity contribution in [3.8, 4) is 0 Å². The molecule has 0 aromatic carbocycles. The summed E-state index contributed by atoms with van der Waals surface area (Å²) >= 11 is 0. The summed E-state index contributed by atoms with van der Waals surface area (Å²) in [6.07, 6.45) is 2.23. The van der Waals surface area contributed by atoms with Gasteiger partial charge in [-0.2, -0.15) is 0 Å². The average molecular weight is 250 g/mol. The number of aromatic nitrogens is 1. The molecule has 0 saturated carbocycles. The van der Waals surface area contributed by atoms with Gasteiger partial charge in [-0.3, -0.25) is 4.79 Å². The van der Waals surface area contributed by atoms with Crippen LogP contribution in [-0.4, -0.2) is 24.1 Å². The topological polar surface area (TPSA) is 51.2 Å². The predicted molar refractivity (Wildman–Crippen MR) is 72.7 cm³/mol. The van der Waals surface area contributed by atoms with Crippen LogP contribution in [0.5, 0.6) is 0 Å². The van der Waals surface area contributed by atoms with Gasteiger partial charge in [0.2, 0.25) is 0 Å². The molecular formula is C14H22N2O2. The lowest BCUT2D eigenvalue weighted by Crippen LogP contribution is -2.13. The van der Waals surface area contributed by atoms with Gasteiger partial charge in [-0.25, -0.2) is 4.98 Å². The second-order valence-corrected chi connectivity index (χ2v) is 5.16. The number of pyridine rings is 1. The van der Waals surface area contributed by atoms with E-state index < -0.39 is 0 Å². The minimum absolute atomic E-state index is 0.108. The van der Waals surface area contributed by atoms with Crippen LogP contribution < -0.4 is 5.32 Å². The summed E-state index contributed by atoms with van der Waals surface area (Å²) in [4.78, 5) is 15.5. The number of hydrogen-bond acceptors (Lipinski definition) is 4. The SMILES string of the molecule is CCOC(=O)CCNc1ccc(C(C)(C)C)cn1. The van der Waals surface area contributed by atoms with Crippen molar-refractivity contribution in [2.24, 2.45) is 0 Å². The molecule has 0 amide bonds. The first-order valence-electron chi connectivity index (χ1n) is 6.29. The highest BCUT2D eigenvalue weighted by atomic mass is 16.5. The molecule has 18 heavy (non-hydrogen) atoms. The van der Waals surface area contributed by atoms with E-state index in [-0.39, 0.29) is 11.4 Å². The maximum Gasteiger partial charge on any atom is 0.307 e. The number of esters is 1. The molecule has 0 atom stereocenters. The van der Waals surface area contributed by atoms with E-state index in [1.165, 1.54) is 5.56 Å². The van der Waals surface area contributed by atoms with Crippen LogP contribution in [0, 0.1) is 0 Å². The number of carbonyl (C=O) groups is 1. The highest BCUT2D eigenvalue weighted by molar-refractivity contribution is 5.69. The number of carbonyl (C=O) groups excluding carboxylic acids is 1. The number of nitrogens with one attached hydrogen (secondary N) is 1. The fourth-order valence-corrected chi connectivity index (χ4v) is 1.47. The van der Waals surface area contributed by atoms with Crippen molar-refractivity contribution in [2.75, 3.05) is 18.5 Å². The Hall–Kier alpha value is -1.58. The lowest BCUT2D eigenvalue weighted by atomic mass is 9.88. The van der Waals surface area contributed by atoms with Gasteiger partial charge in [-0.05, 0) is 24.0 Å². The van der Waals surface area contributed by atoms with E-state index in [2.05, 4.69) is 37.1 Å². The lowest BCUT2D eigenvalue weighted by Gasteiger charge is -2.18. The number of hydrogen-bond donors (Lipinski definition) is 1. The smallest absolute Gasteiger partial charge is 0.307 e. The predicted octanol–water partition coefficient (Wildman–Crippen LogP) is 2.74. The van der Waals surface area contributed by atoms with E-state index in [9.17, 15) is 4.79 Å². The maximum atomic E-state index is 11.1. The maximum absolute atomic E-state index is 11.1. The summed E-state index contributed by atoms with van der Waals surface area (Å²) in [5.74, 6) is 0.601. The van der Waals surface area contributed by atoms with Gasteiger partial charge in [0, 0.05) is 12.7 Å². The molecule has 0 spiro atoms. The fourth-order valence-electron chi connectivity index (χ4n) is 1.47. The van der Waals surface area contributed by atoms with Crippen LogP contribution in [0.15, 0.2) is 18.3 Å². The minimum Gasteiger partial charge on any atom is -0.466 e. The highest BCUT2D eigenvalue weighted by Gasteiger charge is 2.13. The van der Waals surface area contributed by atoms with Gasteiger partial charge < -0.3 is 10.1 Å². The summed E-state index contributed by atoms with van der Waals surface area (Å²) in [7, 11) is 0. The standard InChI is InChI=1S/C14H22N2O2/c1-5-18-13(17)8-9-15-12-7-6-11(10-16-12)14(2,3)4/h6-7,10H,5,8-9H2,1-4H3,(H,15,16). The molecule has 0 aliphatic heterocycles. The van der Waals surface area contributed by atoms with Gasteiger partial charge in [-0.1, -0.05) is 26.8 Å². The summed E-state index contributed by atoms with van der Waals surface area (Å²) in [6, 6.07) is 3.99. The number of anilines is 1. The van der Waals surface area contributed by atoms with Crippen molar-refractivity contribution >= 4 is 11.8 Å². The molecule has 0 aliphatic rings. The first-order chi connectivity index (χ1) is 8.43. The van der Waals surface area contributed by atoms with Crippen LogP contribution >= 0.6 is 0 Å². The monoisotopic (exact) mass is 250 g/mol. The summed E-state index contributed by atoms with van der Waals surface area (Å²) < 4.78 is 4.84. The zero-order valence-corrected chi connectivity index (χ0v) is 11.6. The first kappa shape index (κ1) is 14.5. The van der Waals surface area contributed by atoms with Crippen molar-refractivity contribution in [1.29, 1.82) is 0 Å². The molecule has 0 fully saturated rings. The number of nitrogens with zero attached hydrogens (tertiary/aromatic N) is 1. The molecule has 4 heteroatoms. The minimum atomic E-state index is -0.184. The Bertz CT molecular complexity index is 380. The second kappa shape index (κ2) is 6.38. The lowest BCUT2D eigenvalue weighted by molar-refractivity contribution is -0.142. The van der Waals surface area contributed by atoms with Gasteiger partial charge in [0.1, 0.15) is 5.82 Å². The Morgan fingerprint density at radius 3 is 2.61 bits per heavy atom. The Morgan fingerprint density at radius 2 is 2.11 bits per heavy atom. The van der Waals surface area contributed by atoms with Crippen LogP contribution in [-0.2, 0) is 14.9 Å². The van der Waals surface area contributed by atoms with Crippen LogP contribution in [0.25, 0.3) is 0 Å². The molecule has 0 unspecified atom stereocenters. The second-order valence-electron chi connectivity index (χ2n) is 5.16. The van der Waals surface area contributed by atoms with E-state index in [0.717, 1.165) is 5.82 Å². The van der Waals surface area contributed by atoms with Gasteiger partial charge in [0.15, 0.2) is 0 Å². The average Bonchev–Trinajstić information content (AvgIpc) is 2.29. The third-order valence-electron chi connectivity index (χ3n) is 2.57. The van der Waals surface area contributed by atoms with Crippen molar-refractivity contribution < 1.29 is 9.53 Å². The summed E-state index contributed by atoms with van der Waals surface area (Å²) in [6.45, 7) is 9.23.